The van der Waals surface area contributed by atoms with Crippen LogP contribution in [-0.2, 0) is 27.2 Å². The second-order valence-corrected chi connectivity index (χ2v) is 13.4. The van der Waals surface area contributed by atoms with Crippen molar-refractivity contribution in [1.82, 2.24) is 25.9 Å². The lowest BCUT2D eigenvalue weighted by atomic mass is 9.48. The number of phenolic OH excluding ortho intramolecular Hbond substituents is 1. The molecule has 5 aliphatic rings. The second-order valence-electron chi connectivity index (χ2n) is 13.4. The van der Waals surface area contributed by atoms with E-state index in [2.05, 4.69) is 31.3 Å². The van der Waals surface area contributed by atoms with E-state index in [4.69, 9.17) is 0 Å². The molecule has 8 rings (SSSR count). The number of anilines is 1. The van der Waals surface area contributed by atoms with E-state index in [1.807, 2.05) is 30.3 Å². The van der Waals surface area contributed by atoms with Gasteiger partial charge in [0.15, 0.2) is 5.78 Å². The normalized spacial score (nSPS) is 26.0. The fourth-order valence-electron chi connectivity index (χ4n) is 8.70. The lowest BCUT2D eigenvalue weighted by Crippen LogP contribution is -2.52. The fourth-order valence-corrected chi connectivity index (χ4v) is 8.70. The molecule has 10 nitrogen and oxygen atoms in total. The molecule has 44 heavy (non-hydrogen) atoms. The summed E-state index contributed by atoms with van der Waals surface area (Å²) in [6.07, 6.45) is 9.54. The first kappa shape index (κ1) is 28.4. The highest BCUT2D eigenvalue weighted by Crippen LogP contribution is 2.60. The summed E-state index contributed by atoms with van der Waals surface area (Å²) in [4.78, 5) is 42.3. The molecule has 5 aliphatic carbocycles. The number of tetrazole rings is 1. The van der Waals surface area contributed by atoms with Crippen molar-refractivity contribution in [1.29, 1.82) is 0 Å². The Labute approximate surface area is 256 Å². The van der Waals surface area contributed by atoms with E-state index in [9.17, 15) is 19.5 Å². The van der Waals surface area contributed by atoms with E-state index >= 15 is 0 Å². The van der Waals surface area contributed by atoms with Crippen molar-refractivity contribution in [2.45, 2.75) is 63.8 Å². The summed E-state index contributed by atoms with van der Waals surface area (Å²) in [5, 5.41) is 29.7. The zero-order valence-electron chi connectivity index (χ0n) is 24.7. The summed E-state index contributed by atoms with van der Waals surface area (Å²) in [6, 6.07) is 13.6. The predicted molar refractivity (Wildman–Crippen MR) is 163 cm³/mol. The minimum atomic E-state index is -0.921. The van der Waals surface area contributed by atoms with Gasteiger partial charge in [-0.15, -0.1) is 5.10 Å². The number of benzene rings is 2. The number of hydrogen-bond acceptors (Lipinski definition) is 8. The number of hydrogen-bond donors (Lipinski definition) is 4. The SMILES string of the molecule is O=C(N[C@H](CNc1nn[nH]n1)C(=O)C1=CCc2ccccc21)[C@@H](CC(=O)C12CC3CC(CC(C3)C1)C2)Cc1ccc(O)cc1. The number of Topliss-reactive ketones (excluding diaryl/α,β-unsaturated/α-hetero) is 2. The van der Waals surface area contributed by atoms with Gasteiger partial charge in [0.05, 0.1) is 0 Å². The van der Waals surface area contributed by atoms with Gasteiger partial charge in [0, 0.05) is 29.9 Å². The Kier molecular flexibility index (Phi) is 7.52. The lowest BCUT2D eigenvalue weighted by molar-refractivity contribution is -0.146. The molecule has 4 N–H and O–H groups in total. The number of allylic oxidation sites excluding steroid dienone is 1. The van der Waals surface area contributed by atoms with Gasteiger partial charge in [0.1, 0.15) is 17.6 Å². The molecule has 0 saturated heterocycles. The van der Waals surface area contributed by atoms with Gasteiger partial charge in [-0.1, -0.05) is 47.6 Å². The molecular formula is C34H38N6O4. The topological polar surface area (TPSA) is 150 Å². The van der Waals surface area contributed by atoms with E-state index in [0.29, 0.717) is 36.2 Å². The van der Waals surface area contributed by atoms with Crippen LogP contribution in [0.3, 0.4) is 0 Å². The zero-order chi connectivity index (χ0) is 30.3. The Hall–Kier alpha value is -4.34. The summed E-state index contributed by atoms with van der Waals surface area (Å²) >= 11 is 0. The van der Waals surface area contributed by atoms with Gasteiger partial charge in [0.2, 0.25) is 5.91 Å². The number of rotatable bonds is 12. The molecule has 4 bridgehead atoms. The first-order valence-electron chi connectivity index (χ1n) is 15.8. The van der Waals surface area contributed by atoms with Crippen molar-refractivity contribution in [3.63, 3.8) is 0 Å². The number of aromatic amines is 1. The van der Waals surface area contributed by atoms with Crippen LogP contribution < -0.4 is 10.6 Å². The highest BCUT2D eigenvalue weighted by atomic mass is 16.3. The van der Waals surface area contributed by atoms with Crippen LogP contribution in [-0.4, -0.2) is 55.8 Å². The average Bonchev–Trinajstić information content (AvgIpc) is 3.69. The minimum absolute atomic E-state index is 0.0540. The average molecular weight is 595 g/mol. The van der Waals surface area contributed by atoms with Crippen molar-refractivity contribution in [3.05, 3.63) is 71.3 Å². The van der Waals surface area contributed by atoms with Crippen LogP contribution in [0.25, 0.3) is 5.57 Å². The number of aromatic nitrogens is 4. The van der Waals surface area contributed by atoms with Crippen molar-refractivity contribution < 1.29 is 19.5 Å². The van der Waals surface area contributed by atoms with Crippen molar-refractivity contribution >= 4 is 29.0 Å². The number of fused-ring (bicyclic) bond motifs is 1. The van der Waals surface area contributed by atoms with Crippen molar-refractivity contribution in [2.75, 3.05) is 11.9 Å². The van der Waals surface area contributed by atoms with E-state index in [1.165, 1.54) is 19.3 Å². The Morgan fingerprint density at radius 3 is 2.36 bits per heavy atom. The molecule has 3 aromatic rings. The number of ketones is 2. The first-order chi connectivity index (χ1) is 21.3. The molecule has 2 aromatic carbocycles. The maximum Gasteiger partial charge on any atom is 0.263 e. The number of H-pyrrole nitrogens is 1. The molecule has 0 unspecified atom stereocenters. The standard InChI is InChI=1S/C34H38N6O4/c41-26-8-5-20(6-9-26)14-25(15-30(42)34-16-21-11-22(17-34)13-23(12-21)18-34)32(44)36-29(19-35-33-37-39-40-38-33)31(43)28-10-7-24-3-1-2-4-27(24)28/h1-6,8-10,21-23,25,29,41H,7,11-19H2,(H,36,44)(H2,35,37,38,39,40)/t21?,22?,23?,25-,29-,34?/m1/s1. The molecule has 1 amide bonds. The first-order valence-corrected chi connectivity index (χ1v) is 15.8. The van der Waals surface area contributed by atoms with Gasteiger partial charge in [-0.3, -0.25) is 14.4 Å². The fraction of sp³-hybridized carbons (Fsp3) is 0.471. The quantitative estimate of drug-likeness (QED) is 0.245. The van der Waals surface area contributed by atoms with Gasteiger partial charge in [0.25, 0.3) is 5.95 Å². The summed E-state index contributed by atoms with van der Waals surface area (Å²) in [5.41, 5.74) is 3.03. The summed E-state index contributed by atoms with van der Waals surface area (Å²) < 4.78 is 0. The van der Waals surface area contributed by atoms with Crippen molar-refractivity contribution in [3.8, 4) is 5.75 Å². The number of phenols is 1. The Balaban J connectivity index is 1.13. The molecule has 1 aromatic heterocycles. The van der Waals surface area contributed by atoms with Gasteiger partial charge in [-0.2, -0.15) is 5.21 Å². The number of carbonyl (C=O) groups excluding carboxylic acids is 3. The number of amides is 1. The van der Waals surface area contributed by atoms with Crippen LogP contribution in [0.15, 0.2) is 54.6 Å². The third-order valence-electron chi connectivity index (χ3n) is 10.4. The van der Waals surface area contributed by atoms with E-state index < -0.39 is 12.0 Å². The molecule has 1 heterocycles. The van der Waals surface area contributed by atoms with Crippen LogP contribution in [0.1, 0.15) is 61.6 Å². The van der Waals surface area contributed by atoms with Gasteiger partial charge in [-0.25, -0.2) is 0 Å². The second kappa shape index (κ2) is 11.6. The van der Waals surface area contributed by atoms with Gasteiger partial charge >= 0.3 is 0 Å². The van der Waals surface area contributed by atoms with E-state index in [1.54, 1.807) is 24.3 Å². The van der Waals surface area contributed by atoms with Crippen LogP contribution >= 0.6 is 0 Å². The maximum absolute atomic E-state index is 14.2. The molecular weight excluding hydrogens is 556 g/mol. The predicted octanol–water partition coefficient (Wildman–Crippen LogP) is 4.05. The highest BCUT2D eigenvalue weighted by Gasteiger charge is 2.54. The third kappa shape index (κ3) is 5.65. The Morgan fingerprint density at radius 1 is 0.977 bits per heavy atom. The molecule has 4 fully saturated rings. The summed E-state index contributed by atoms with van der Waals surface area (Å²) in [5.74, 6) is 1.20. The zero-order valence-corrected chi connectivity index (χ0v) is 24.7. The van der Waals surface area contributed by atoms with Gasteiger partial charge in [-0.05, 0) is 103 Å². The van der Waals surface area contributed by atoms with Crippen LogP contribution in [0.5, 0.6) is 5.75 Å². The van der Waals surface area contributed by atoms with Crippen LogP contribution in [0.4, 0.5) is 5.95 Å². The molecule has 4 saturated carbocycles. The highest BCUT2D eigenvalue weighted by molar-refractivity contribution is 6.25. The molecule has 0 spiro atoms. The molecule has 10 heteroatoms. The molecule has 0 aliphatic heterocycles. The number of aromatic hydroxyl groups is 1. The lowest BCUT2D eigenvalue weighted by Gasteiger charge is -2.56. The summed E-state index contributed by atoms with van der Waals surface area (Å²) in [6.45, 7) is 0.0540. The van der Waals surface area contributed by atoms with Crippen LogP contribution in [0, 0.1) is 29.1 Å². The third-order valence-corrected chi connectivity index (χ3v) is 10.4. The number of nitrogens with zero attached hydrogens (tertiary/aromatic N) is 3. The van der Waals surface area contributed by atoms with E-state index in [0.717, 1.165) is 36.0 Å². The van der Waals surface area contributed by atoms with E-state index in [-0.39, 0.29) is 47.6 Å². The Bertz CT molecular complexity index is 1550. The largest absolute Gasteiger partial charge is 0.508 e. The van der Waals surface area contributed by atoms with Gasteiger partial charge < -0.3 is 15.7 Å². The number of carbonyl (C=O) groups is 3. The molecule has 2 atom stereocenters. The van der Waals surface area contributed by atoms with Crippen molar-refractivity contribution in [2.24, 2.45) is 29.1 Å². The Morgan fingerprint density at radius 2 is 1.68 bits per heavy atom. The molecule has 0 radical (unpaired) electrons. The smallest absolute Gasteiger partial charge is 0.263 e. The monoisotopic (exact) mass is 594 g/mol. The minimum Gasteiger partial charge on any atom is -0.508 e. The summed E-state index contributed by atoms with van der Waals surface area (Å²) in [7, 11) is 0. The molecule has 228 valence electrons. The maximum atomic E-state index is 14.2. The van der Waals surface area contributed by atoms with Crippen LogP contribution in [0.2, 0.25) is 0 Å². The number of nitrogens with one attached hydrogen (secondary N) is 3.